The molecule has 2 atom stereocenters. The van der Waals surface area contributed by atoms with Gasteiger partial charge in [-0.3, -0.25) is 0 Å². The van der Waals surface area contributed by atoms with Gasteiger partial charge in [-0.2, -0.15) is 0 Å². The number of hydrogen-bond acceptors (Lipinski definition) is 0. The van der Waals surface area contributed by atoms with Crippen molar-refractivity contribution in [2.75, 3.05) is 0 Å². The minimum atomic E-state index is -5.69. The van der Waals surface area contributed by atoms with Crippen LogP contribution in [-0.4, -0.2) is 9.52 Å². The summed E-state index contributed by atoms with van der Waals surface area (Å²) >= 11 is -5.69. The number of rotatable bonds is 11. The van der Waals surface area contributed by atoms with E-state index >= 15 is 0 Å². The first kappa shape index (κ1) is 41.8. The van der Waals surface area contributed by atoms with Crippen molar-refractivity contribution in [2.45, 2.75) is 88.3 Å². The number of halogens is 2. The van der Waals surface area contributed by atoms with E-state index in [0.717, 1.165) is 25.7 Å². The van der Waals surface area contributed by atoms with Crippen LogP contribution in [0.15, 0.2) is 126 Å². The SMILES string of the molecule is CCc1ccccc1-c1c(C)ccc2c1C=C(CC(C)C)[CH]2[Zr]([Cl])([Cl])([c]1cccc2c1[SiH2]c1ccccc1-2)[CH]1C(CC(C)C)=Cc2c1ccc(C)c2-c1ccccc1CC. The molecule has 2 aliphatic carbocycles. The molecule has 0 bridgehead atoms. The fraction of sp³-hybridized carbons (Fsp3) is 0.286. The van der Waals surface area contributed by atoms with Crippen LogP contribution in [0.4, 0.5) is 0 Å². The van der Waals surface area contributed by atoms with Gasteiger partial charge >= 0.3 is 373 Å². The van der Waals surface area contributed by atoms with Crippen LogP contribution in [0, 0.1) is 25.7 Å². The van der Waals surface area contributed by atoms with Crippen LogP contribution in [0.5, 0.6) is 0 Å². The van der Waals surface area contributed by atoms with Crippen LogP contribution in [0.1, 0.15) is 106 Å². The van der Waals surface area contributed by atoms with E-state index in [9.17, 15) is 17.0 Å². The molecular weight excluding hydrogens is 863 g/mol. The normalized spacial score (nSPS) is 17.6. The van der Waals surface area contributed by atoms with E-state index in [1.165, 1.54) is 103 Å². The predicted molar refractivity (Wildman–Crippen MR) is 263 cm³/mol. The van der Waals surface area contributed by atoms with Crippen LogP contribution >= 0.6 is 17.0 Å². The Bertz CT molecular complexity index is 2610. The molecule has 1 aliphatic heterocycles. The van der Waals surface area contributed by atoms with E-state index in [2.05, 4.69) is 183 Å². The average Bonchev–Trinajstić information content (AvgIpc) is 3.92. The van der Waals surface area contributed by atoms with E-state index in [-0.39, 0.29) is 7.25 Å². The van der Waals surface area contributed by atoms with Gasteiger partial charge in [-0.25, -0.2) is 0 Å². The second-order valence-electron chi connectivity index (χ2n) is 18.9. The van der Waals surface area contributed by atoms with E-state index in [1.54, 1.807) is 0 Å². The van der Waals surface area contributed by atoms with Crippen LogP contribution in [0.2, 0.25) is 0 Å². The Labute approximate surface area is 370 Å². The quantitative estimate of drug-likeness (QED) is 0.113. The number of hydrogen-bond donors (Lipinski definition) is 0. The summed E-state index contributed by atoms with van der Waals surface area (Å²) in [6, 6.07) is 43.8. The number of fused-ring (bicyclic) bond motifs is 5. The van der Waals surface area contributed by atoms with Gasteiger partial charge in [-0.15, -0.1) is 0 Å². The summed E-state index contributed by atoms with van der Waals surface area (Å²) in [6.45, 7) is 18.6. The molecule has 6 aromatic carbocycles. The van der Waals surface area contributed by atoms with Crippen molar-refractivity contribution in [3.05, 3.63) is 171 Å². The summed E-state index contributed by atoms with van der Waals surface area (Å²) in [4.78, 5) is 0. The third-order valence-electron chi connectivity index (χ3n) is 14.0. The Morgan fingerprint density at radius 3 is 1.47 bits per heavy atom. The fourth-order valence-electron chi connectivity index (χ4n) is 11.7. The molecule has 0 amide bonds. The summed E-state index contributed by atoms with van der Waals surface area (Å²) in [6.07, 6.45) is 9.01. The second-order valence-corrected chi connectivity index (χ2v) is 41.3. The molecule has 1 heterocycles. The van der Waals surface area contributed by atoms with E-state index in [4.69, 9.17) is 0 Å². The Morgan fingerprint density at radius 1 is 0.533 bits per heavy atom. The van der Waals surface area contributed by atoms with Gasteiger partial charge in [0, 0.05) is 0 Å². The molecular formula is C56H59Cl2SiZr. The van der Waals surface area contributed by atoms with Crippen molar-refractivity contribution in [3.63, 3.8) is 0 Å². The van der Waals surface area contributed by atoms with Crippen LogP contribution in [0.25, 0.3) is 45.5 Å². The molecule has 6 aromatic rings. The zero-order valence-corrected chi connectivity index (χ0v) is 42.1. The molecule has 305 valence electrons. The Hall–Kier alpha value is -3.52. The monoisotopic (exact) mass is 919 g/mol. The first-order chi connectivity index (χ1) is 28.8. The third kappa shape index (κ3) is 6.61. The van der Waals surface area contributed by atoms with Gasteiger partial charge in [0.2, 0.25) is 0 Å². The maximum atomic E-state index is 9.48. The molecule has 60 heavy (non-hydrogen) atoms. The predicted octanol–water partition coefficient (Wildman–Crippen LogP) is 13.9. The summed E-state index contributed by atoms with van der Waals surface area (Å²) < 4.78 is 1.12. The molecule has 0 aromatic heterocycles. The zero-order valence-electron chi connectivity index (χ0n) is 36.7. The van der Waals surface area contributed by atoms with Crippen molar-refractivity contribution >= 4 is 52.3 Å². The van der Waals surface area contributed by atoms with Crippen molar-refractivity contribution in [3.8, 4) is 33.4 Å². The van der Waals surface area contributed by atoms with Gasteiger partial charge in [-0.1, -0.05) is 0 Å². The Kier molecular flexibility index (Phi) is 11.1. The first-order valence-electron chi connectivity index (χ1n) is 22.5. The fourth-order valence-corrected chi connectivity index (χ4v) is 39.6. The summed E-state index contributed by atoms with van der Waals surface area (Å²) in [5.74, 6) is 0.879. The van der Waals surface area contributed by atoms with Crippen molar-refractivity contribution in [1.82, 2.24) is 0 Å². The summed E-state index contributed by atoms with van der Waals surface area (Å²) in [5.41, 5.74) is 21.7. The maximum absolute atomic E-state index is 9.48. The molecule has 0 radical (unpaired) electrons. The Morgan fingerprint density at radius 2 is 0.983 bits per heavy atom. The third-order valence-corrected chi connectivity index (χ3v) is 36.8. The van der Waals surface area contributed by atoms with Gasteiger partial charge in [-0.05, 0) is 0 Å². The molecule has 0 spiro atoms. The molecule has 2 unspecified atom stereocenters. The zero-order chi connectivity index (χ0) is 42.1. The molecule has 0 N–H and O–H groups in total. The standard InChI is InChI=1S/2C22H25.C12H9Si.2ClH.Zr/c2*1-5-18-8-6-7-9-20(18)22-16(4)10-11-19-13-17(12-15(2)3)14-21(19)22;1-3-7-11-9(5-1)10-6-2-4-8-12(10)13-11;;;/h2*6-11,13-15H,5,12H2,1-4H3;1-7H,13H2;2*1H;/q;;;;;+2/p-2. The molecule has 0 saturated carbocycles. The van der Waals surface area contributed by atoms with E-state index in [1.807, 2.05) is 0 Å². The van der Waals surface area contributed by atoms with Crippen molar-refractivity contribution < 1.29 is 16.4 Å². The average molecular weight is 922 g/mol. The molecule has 4 heteroatoms. The summed E-state index contributed by atoms with van der Waals surface area (Å²) in [5, 5.41) is 2.99. The second kappa shape index (κ2) is 16.0. The van der Waals surface area contributed by atoms with Crippen molar-refractivity contribution in [1.29, 1.82) is 0 Å². The number of aryl methyl sites for hydroxylation is 4. The van der Waals surface area contributed by atoms with Crippen LogP contribution in [0.3, 0.4) is 0 Å². The van der Waals surface area contributed by atoms with Gasteiger partial charge in [0.1, 0.15) is 0 Å². The first-order valence-corrected chi connectivity index (χ1v) is 34.3. The van der Waals surface area contributed by atoms with E-state index < -0.39 is 25.9 Å². The van der Waals surface area contributed by atoms with Gasteiger partial charge < -0.3 is 0 Å². The molecule has 0 nitrogen and oxygen atoms in total. The van der Waals surface area contributed by atoms with Gasteiger partial charge in [0.25, 0.3) is 0 Å². The number of allylic oxidation sites excluding steroid dienone is 2. The minimum absolute atomic E-state index is 0.0938. The van der Waals surface area contributed by atoms with E-state index in [0.29, 0.717) is 11.8 Å². The van der Waals surface area contributed by atoms with Gasteiger partial charge in [0.05, 0.1) is 0 Å². The van der Waals surface area contributed by atoms with Gasteiger partial charge in [0.15, 0.2) is 0 Å². The molecule has 0 saturated heterocycles. The van der Waals surface area contributed by atoms with Crippen molar-refractivity contribution in [2.24, 2.45) is 11.8 Å². The molecule has 9 rings (SSSR count). The summed E-state index contributed by atoms with van der Waals surface area (Å²) in [7, 11) is 18.1. The van der Waals surface area contributed by atoms with Crippen LogP contribution in [-0.2, 0) is 29.2 Å². The molecule has 0 fully saturated rings. The number of benzene rings is 6. The van der Waals surface area contributed by atoms with Crippen LogP contribution < -0.4 is 13.6 Å². The topological polar surface area (TPSA) is 0 Å². The molecule has 3 aliphatic rings. The Balaban J connectivity index is 1.41.